The molecule has 0 saturated carbocycles. The summed E-state index contributed by atoms with van der Waals surface area (Å²) in [6.07, 6.45) is 0. The van der Waals surface area contributed by atoms with Gasteiger partial charge in [0.15, 0.2) is 5.82 Å². The molecule has 0 N–H and O–H groups in total. The van der Waals surface area contributed by atoms with Crippen LogP contribution in [-0.4, -0.2) is 20.2 Å². The molecule has 2 aromatic rings. The Morgan fingerprint density at radius 2 is 2.08 bits per heavy atom. The van der Waals surface area contributed by atoms with Crippen LogP contribution in [0, 0.1) is 13.0 Å². The lowest BCUT2D eigenvalue weighted by Gasteiger charge is -1.98. The monoisotopic (exact) mass is 159 g/mol. The summed E-state index contributed by atoms with van der Waals surface area (Å²) in [4.78, 5) is 0. The van der Waals surface area contributed by atoms with Gasteiger partial charge in [0.2, 0.25) is 0 Å². The highest BCUT2D eigenvalue weighted by Crippen LogP contribution is 2.04. The summed E-state index contributed by atoms with van der Waals surface area (Å²) in [6.45, 7) is 1.86. The van der Waals surface area contributed by atoms with Crippen LogP contribution in [0.3, 0.4) is 0 Å². The molecule has 1 heterocycles. The quantitative estimate of drug-likeness (QED) is 0.617. The molecule has 0 unspecified atom stereocenters. The molecule has 0 aliphatic carbocycles. The molecular formula is C8H7N4. The van der Waals surface area contributed by atoms with E-state index in [0.717, 1.165) is 11.5 Å². The third kappa shape index (κ3) is 1.07. The molecule has 1 radical (unpaired) electrons. The van der Waals surface area contributed by atoms with E-state index in [9.17, 15) is 0 Å². The first-order valence-corrected chi connectivity index (χ1v) is 3.59. The summed E-state index contributed by atoms with van der Waals surface area (Å²) in [5.41, 5.74) is 0.955. The molecule has 1 aromatic heterocycles. The van der Waals surface area contributed by atoms with Crippen LogP contribution in [0.2, 0.25) is 0 Å². The molecule has 0 fully saturated rings. The average molecular weight is 159 g/mol. The Balaban J connectivity index is 2.51. The van der Waals surface area contributed by atoms with Crippen LogP contribution in [0.15, 0.2) is 24.3 Å². The molecule has 4 nitrogen and oxygen atoms in total. The van der Waals surface area contributed by atoms with Crippen molar-refractivity contribution in [3.05, 3.63) is 36.2 Å². The molecular weight excluding hydrogens is 152 g/mol. The van der Waals surface area contributed by atoms with E-state index in [1.807, 2.05) is 31.2 Å². The molecule has 0 spiro atoms. The zero-order chi connectivity index (χ0) is 8.39. The van der Waals surface area contributed by atoms with Gasteiger partial charge in [-0.05, 0) is 35.5 Å². The fourth-order valence-electron chi connectivity index (χ4n) is 0.990. The summed E-state index contributed by atoms with van der Waals surface area (Å²) in [5.74, 6) is 0.779. The molecule has 0 aliphatic rings. The Kier molecular flexibility index (Phi) is 1.59. The van der Waals surface area contributed by atoms with Gasteiger partial charge in [-0.1, -0.05) is 12.1 Å². The standard InChI is InChI=1S/C8H7N4/c1-7-9-10-11-12(7)8-5-3-2-4-6-8/h3-6H,1H3. The largest absolute Gasteiger partial charge is 0.198 e. The zero-order valence-corrected chi connectivity index (χ0v) is 6.60. The van der Waals surface area contributed by atoms with Crippen molar-refractivity contribution in [3.63, 3.8) is 0 Å². The van der Waals surface area contributed by atoms with Crippen molar-refractivity contribution < 1.29 is 0 Å². The number of benzene rings is 1. The van der Waals surface area contributed by atoms with E-state index in [1.165, 1.54) is 0 Å². The van der Waals surface area contributed by atoms with E-state index in [-0.39, 0.29) is 0 Å². The van der Waals surface area contributed by atoms with Gasteiger partial charge >= 0.3 is 0 Å². The lowest BCUT2D eigenvalue weighted by atomic mass is 10.3. The minimum atomic E-state index is 0.779. The Morgan fingerprint density at radius 1 is 1.33 bits per heavy atom. The number of rotatable bonds is 1. The molecule has 0 atom stereocenters. The van der Waals surface area contributed by atoms with Crippen molar-refractivity contribution in [2.24, 2.45) is 0 Å². The maximum absolute atomic E-state index is 3.83. The van der Waals surface area contributed by atoms with Crippen molar-refractivity contribution in [3.8, 4) is 5.69 Å². The molecule has 0 saturated heterocycles. The number of nitrogens with zero attached hydrogens (tertiary/aromatic N) is 4. The van der Waals surface area contributed by atoms with Gasteiger partial charge < -0.3 is 0 Å². The SMILES string of the molecule is Cc1nnnn1-c1cc[c]cc1. The summed E-state index contributed by atoms with van der Waals surface area (Å²) in [5, 5.41) is 11.2. The minimum Gasteiger partial charge on any atom is -0.198 e. The third-order valence-electron chi connectivity index (χ3n) is 1.57. The molecule has 4 heteroatoms. The fraction of sp³-hybridized carbons (Fsp3) is 0.125. The van der Waals surface area contributed by atoms with E-state index in [4.69, 9.17) is 0 Å². The van der Waals surface area contributed by atoms with Gasteiger partial charge in [0.1, 0.15) is 0 Å². The number of hydrogen-bond acceptors (Lipinski definition) is 3. The van der Waals surface area contributed by atoms with Crippen LogP contribution in [0.1, 0.15) is 5.82 Å². The Bertz CT molecular complexity index is 366. The normalized spacial score (nSPS) is 10.1. The summed E-state index contributed by atoms with van der Waals surface area (Å²) in [6, 6.07) is 10.4. The van der Waals surface area contributed by atoms with Crippen molar-refractivity contribution in [1.82, 2.24) is 20.2 Å². The highest BCUT2D eigenvalue weighted by Gasteiger charge is 2.00. The first-order chi connectivity index (χ1) is 5.88. The molecule has 12 heavy (non-hydrogen) atoms. The summed E-state index contributed by atoms with van der Waals surface area (Å²) >= 11 is 0. The topological polar surface area (TPSA) is 43.6 Å². The van der Waals surface area contributed by atoms with Crippen molar-refractivity contribution in [1.29, 1.82) is 0 Å². The molecule has 0 aliphatic heterocycles. The minimum absolute atomic E-state index is 0.779. The number of aryl methyl sites for hydroxylation is 1. The number of aromatic nitrogens is 4. The first-order valence-electron chi connectivity index (χ1n) is 3.59. The predicted octanol–water partition coefficient (Wildman–Crippen LogP) is 0.771. The van der Waals surface area contributed by atoms with E-state index in [1.54, 1.807) is 4.68 Å². The lowest BCUT2D eigenvalue weighted by molar-refractivity contribution is 0.779. The fourth-order valence-corrected chi connectivity index (χ4v) is 0.990. The predicted molar refractivity (Wildman–Crippen MR) is 42.7 cm³/mol. The first kappa shape index (κ1) is 6.97. The summed E-state index contributed by atoms with van der Waals surface area (Å²) < 4.78 is 1.67. The van der Waals surface area contributed by atoms with Crippen molar-refractivity contribution in [2.75, 3.05) is 0 Å². The lowest BCUT2D eigenvalue weighted by Crippen LogP contribution is -1.98. The molecule has 59 valence electrons. The van der Waals surface area contributed by atoms with Crippen molar-refractivity contribution >= 4 is 0 Å². The van der Waals surface area contributed by atoms with E-state index >= 15 is 0 Å². The maximum atomic E-state index is 3.83. The second-order valence-corrected chi connectivity index (χ2v) is 2.40. The Labute approximate surface area is 69.8 Å². The van der Waals surface area contributed by atoms with E-state index < -0.39 is 0 Å². The average Bonchev–Trinajstić information content (AvgIpc) is 2.53. The molecule has 2 rings (SSSR count). The van der Waals surface area contributed by atoms with Gasteiger partial charge in [-0.2, -0.15) is 4.68 Å². The number of tetrazole rings is 1. The Hall–Kier alpha value is -1.71. The molecule has 0 bridgehead atoms. The van der Waals surface area contributed by atoms with Gasteiger partial charge in [0, 0.05) is 0 Å². The maximum Gasteiger partial charge on any atom is 0.153 e. The number of hydrogen-bond donors (Lipinski definition) is 0. The van der Waals surface area contributed by atoms with Crippen molar-refractivity contribution in [2.45, 2.75) is 6.92 Å². The highest BCUT2D eigenvalue weighted by atomic mass is 15.5. The van der Waals surface area contributed by atoms with E-state index in [0.29, 0.717) is 0 Å². The third-order valence-corrected chi connectivity index (χ3v) is 1.57. The van der Waals surface area contributed by atoms with Crippen LogP contribution in [0.5, 0.6) is 0 Å². The van der Waals surface area contributed by atoms with Crippen LogP contribution in [-0.2, 0) is 0 Å². The van der Waals surface area contributed by atoms with Crippen LogP contribution in [0.4, 0.5) is 0 Å². The van der Waals surface area contributed by atoms with Crippen LogP contribution < -0.4 is 0 Å². The van der Waals surface area contributed by atoms with Gasteiger partial charge in [0.25, 0.3) is 0 Å². The van der Waals surface area contributed by atoms with Gasteiger partial charge in [-0.15, -0.1) is 5.10 Å². The second kappa shape index (κ2) is 2.73. The molecule has 0 amide bonds. The zero-order valence-electron chi connectivity index (χ0n) is 6.60. The van der Waals surface area contributed by atoms with E-state index in [2.05, 4.69) is 21.6 Å². The van der Waals surface area contributed by atoms with Gasteiger partial charge in [0.05, 0.1) is 5.69 Å². The summed E-state index contributed by atoms with van der Waals surface area (Å²) in [7, 11) is 0. The van der Waals surface area contributed by atoms with Crippen LogP contribution >= 0.6 is 0 Å². The van der Waals surface area contributed by atoms with Gasteiger partial charge in [-0.3, -0.25) is 0 Å². The highest BCUT2D eigenvalue weighted by molar-refractivity contribution is 5.29. The van der Waals surface area contributed by atoms with Crippen LogP contribution in [0.25, 0.3) is 5.69 Å². The smallest absolute Gasteiger partial charge is 0.153 e. The molecule has 1 aromatic carbocycles. The Morgan fingerprint density at radius 3 is 2.67 bits per heavy atom. The second-order valence-electron chi connectivity index (χ2n) is 2.40. The van der Waals surface area contributed by atoms with Gasteiger partial charge in [-0.25, -0.2) is 0 Å².